The van der Waals surface area contributed by atoms with Crippen LogP contribution in [0.15, 0.2) is 77.7 Å². The first-order chi connectivity index (χ1) is 12.5. The lowest BCUT2D eigenvalue weighted by molar-refractivity contribution is -0.0133. The van der Waals surface area contributed by atoms with Crippen LogP contribution in [-0.4, -0.2) is 22.1 Å². The van der Waals surface area contributed by atoms with E-state index in [1.807, 2.05) is 67.6 Å². The number of hydrogen-bond donors (Lipinski definition) is 1. The largest absolute Gasteiger partial charge is 0.372 e. The SMILES string of the molecule is CC[C@](CNS(=O)(=O)c1cccc2ccccc12)(OC)c1ccccc1. The van der Waals surface area contributed by atoms with E-state index in [0.717, 1.165) is 10.9 Å². The van der Waals surface area contributed by atoms with Crippen LogP contribution in [0.2, 0.25) is 0 Å². The van der Waals surface area contributed by atoms with Crippen LogP contribution in [-0.2, 0) is 20.4 Å². The molecule has 0 saturated carbocycles. The lowest BCUT2D eigenvalue weighted by atomic mass is 9.91. The van der Waals surface area contributed by atoms with Gasteiger partial charge in [0.05, 0.1) is 4.90 Å². The Labute approximate surface area is 154 Å². The van der Waals surface area contributed by atoms with Gasteiger partial charge < -0.3 is 4.74 Å². The highest BCUT2D eigenvalue weighted by Crippen LogP contribution is 2.29. The molecule has 0 spiro atoms. The monoisotopic (exact) mass is 369 g/mol. The van der Waals surface area contributed by atoms with Gasteiger partial charge in [0.2, 0.25) is 10.0 Å². The van der Waals surface area contributed by atoms with Crippen LogP contribution in [0, 0.1) is 0 Å². The van der Waals surface area contributed by atoms with Crippen molar-refractivity contribution in [1.82, 2.24) is 4.72 Å². The van der Waals surface area contributed by atoms with Gasteiger partial charge in [-0.15, -0.1) is 0 Å². The molecule has 0 radical (unpaired) electrons. The number of benzene rings is 3. The third-order valence-corrected chi connectivity index (χ3v) is 6.31. The van der Waals surface area contributed by atoms with Gasteiger partial charge in [-0.1, -0.05) is 73.7 Å². The van der Waals surface area contributed by atoms with E-state index >= 15 is 0 Å². The van der Waals surface area contributed by atoms with Crippen molar-refractivity contribution in [3.63, 3.8) is 0 Å². The summed E-state index contributed by atoms with van der Waals surface area (Å²) in [4.78, 5) is 0.282. The number of rotatable bonds is 7. The molecule has 26 heavy (non-hydrogen) atoms. The molecule has 1 atom stereocenters. The minimum absolute atomic E-state index is 0.162. The van der Waals surface area contributed by atoms with E-state index in [-0.39, 0.29) is 11.4 Å². The molecule has 3 rings (SSSR count). The summed E-state index contributed by atoms with van der Waals surface area (Å²) in [6.45, 7) is 2.15. The predicted octanol–water partition coefficient (Wildman–Crippen LogP) is 4.07. The molecule has 3 aromatic rings. The van der Waals surface area contributed by atoms with Crippen molar-refractivity contribution in [2.75, 3.05) is 13.7 Å². The lowest BCUT2D eigenvalue weighted by Gasteiger charge is -2.32. The Morgan fingerprint density at radius 2 is 1.58 bits per heavy atom. The standard InChI is InChI=1S/C21H23NO3S/c1-3-21(25-2,18-12-5-4-6-13-18)16-22-26(23,24)20-15-9-11-17-10-7-8-14-19(17)20/h4-15,22H,3,16H2,1-2H3/t21-/m1/s1. The van der Waals surface area contributed by atoms with Crippen LogP contribution in [0.1, 0.15) is 18.9 Å². The summed E-state index contributed by atoms with van der Waals surface area (Å²) in [6, 6.07) is 22.5. The molecule has 5 heteroatoms. The Hall–Kier alpha value is -2.21. The Morgan fingerprint density at radius 3 is 2.27 bits per heavy atom. The summed E-state index contributed by atoms with van der Waals surface area (Å²) < 4.78 is 34.5. The first-order valence-electron chi connectivity index (χ1n) is 8.60. The molecule has 1 N–H and O–H groups in total. The maximum absolute atomic E-state index is 13.0. The molecule has 0 heterocycles. The summed E-state index contributed by atoms with van der Waals surface area (Å²) in [5, 5.41) is 1.61. The van der Waals surface area contributed by atoms with Gasteiger partial charge in [-0.2, -0.15) is 0 Å². The van der Waals surface area contributed by atoms with E-state index < -0.39 is 15.6 Å². The van der Waals surface area contributed by atoms with Gasteiger partial charge in [0.25, 0.3) is 0 Å². The Kier molecular flexibility index (Phi) is 5.41. The van der Waals surface area contributed by atoms with E-state index in [4.69, 9.17) is 4.74 Å². The fraction of sp³-hybridized carbons (Fsp3) is 0.238. The second kappa shape index (κ2) is 7.58. The van der Waals surface area contributed by atoms with Gasteiger partial charge in [0.15, 0.2) is 0 Å². The minimum Gasteiger partial charge on any atom is -0.372 e. The summed E-state index contributed by atoms with van der Waals surface area (Å²) in [5.74, 6) is 0. The van der Waals surface area contributed by atoms with Crippen LogP contribution in [0.5, 0.6) is 0 Å². The van der Waals surface area contributed by atoms with E-state index in [0.29, 0.717) is 11.8 Å². The highest BCUT2D eigenvalue weighted by atomic mass is 32.2. The van der Waals surface area contributed by atoms with Crippen molar-refractivity contribution in [3.05, 3.63) is 78.4 Å². The summed E-state index contributed by atoms with van der Waals surface area (Å²) >= 11 is 0. The first-order valence-corrected chi connectivity index (χ1v) is 10.1. The lowest BCUT2D eigenvalue weighted by Crippen LogP contribution is -2.41. The Morgan fingerprint density at radius 1 is 0.923 bits per heavy atom. The van der Waals surface area contributed by atoms with Crippen molar-refractivity contribution in [1.29, 1.82) is 0 Å². The molecular weight excluding hydrogens is 346 g/mol. The second-order valence-electron chi connectivity index (χ2n) is 6.22. The highest BCUT2D eigenvalue weighted by Gasteiger charge is 2.32. The molecule has 4 nitrogen and oxygen atoms in total. The number of fused-ring (bicyclic) bond motifs is 1. The van der Waals surface area contributed by atoms with Gasteiger partial charge in [-0.25, -0.2) is 13.1 Å². The van der Waals surface area contributed by atoms with Crippen LogP contribution < -0.4 is 4.72 Å². The number of hydrogen-bond acceptors (Lipinski definition) is 3. The van der Waals surface area contributed by atoms with Crippen molar-refractivity contribution < 1.29 is 13.2 Å². The minimum atomic E-state index is -3.68. The number of nitrogens with one attached hydrogen (secondary N) is 1. The van der Waals surface area contributed by atoms with Crippen molar-refractivity contribution in [3.8, 4) is 0 Å². The fourth-order valence-corrected chi connectivity index (χ4v) is 4.54. The molecule has 0 saturated heterocycles. The average molecular weight is 369 g/mol. The Balaban J connectivity index is 1.94. The maximum Gasteiger partial charge on any atom is 0.241 e. The third-order valence-electron chi connectivity index (χ3n) is 4.85. The van der Waals surface area contributed by atoms with Gasteiger partial charge >= 0.3 is 0 Å². The molecular formula is C21H23NO3S. The number of ether oxygens (including phenoxy) is 1. The molecule has 0 unspecified atom stereocenters. The van der Waals surface area contributed by atoms with Crippen molar-refractivity contribution in [2.45, 2.75) is 23.8 Å². The Bertz CT molecular complexity index is 975. The van der Waals surface area contributed by atoms with Gasteiger partial charge in [0, 0.05) is 19.0 Å². The topological polar surface area (TPSA) is 55.4 Å². The van der Waals surface area contributed by atoms with E-state index in [9.17, 15) is 8.42 Å². The zero-order chi connectivity index (χ0) is 18.6. The van der Waals surface area contributed by atoms with Crippen LogP contribution in [0.25, 0.3) is 10.8 Å². The highest BCUT2D eigenvalue weighted by molar-refractivity contribution is 7.89. The van der Waals surface area contributed by atoms with Crippen molar-refractivity contribution in [2.24, 2.45) is 0 Å². The average Bonchev–Trinajstić information content (AvgIpc) is 2.69. The molecule has 0 aliphatic carbocycles. The molecule has 0 fully saturated rings. The van der Waals surface area contributed by atoms with E-state index in [1.54, 1.807) is 19.2 Å². The molecule has 136 valence electrons. The predicted molar refractivity (Wildman–Crippen MR) is 105 cm³/mol. The summed E-state index contributed by atoms with van der Waals surface area (Å²) in [5.41, 5.74) is 0.240. The summed E-state index contributed by atoms with van der Waals surface area (Å²) in [6.07, 6.45) is 0.644. The van der Waals surface area contributed by atoms with Gasteiger partial charge in [0.1, 0.15) is 5.60 Å². The van der Waals surface area contributed by atoms with Crippen LogP contribution >= 0.6 is 0 Å². The molecule has 0 aromatic heterocycles. The zero-order valence-corrected chi connectivity index (χ0v) is 15.8. The fourth-order valence-electron chi connectivity index (χ4n) is 3.23. The zero-order valence-electron chi connectivity index (χ0n) is 15.0. The van der Waals surface area contributed by atoms with Crippen molar-refractivity contribution >= 4 is 20.8 Å². The third kappa shape index (κ3) is 3.51. The van der Waals surface area contributed by atoms with Crippen LogP contribution in [0.4, 0.5) is 0 Å². The second-order valence-corrected chi connectivity index (χ2v) is 7.96. The van der Waals surface area contributed by atoms with Crippen LogP contribution in [0.3, 0.4) is 0 Å². The quantitative estimate of drug-likeness (QED) is 0.683. The molecule has 0 bridgehead atoms. The molecule has 0 aliphatic heterocycles. The molecule has 3 aromatic carbocycles. The first kappa shape index (κ1) is 18.6. The molecule has 0 amide bonds. The summed E-state index contributed by atoms with van der Waals surface area (Å²) in [7, 11) is -2.06. The number of sulfonamides is 1. The van der Waals surface area contributed by atoms with E-state index in [2.05, 4.69) is 4.72 Å². The maximum atomic E-state index is 13.0. The normalized spacial score (nSPS) is 14.2. The smallest absolute Gasteiger partial charge is 0.241 e. The van der Waals surface area contributed by atoms with Gasteiger partial charge in [-0.05, 0) is 23.4 Å². The van der Waals surface area contributed by atoms with E-state index in [1.165, 1.54) is 0 Å². The van der Waals surface area contributed by atoms with Gasteiger partial charge in [-0.3, -0.25) is 0 Å². The molecule has 0 aliphatic rings. The number of methoxy groups -OCH3 is 1.